The summed E-state index contributed by atoms with van der Waals surface area (Å²) in [7, 11) is 1.51. The van der Waals surface area contributed by atoms with E-state index < -0.39 is 0 Å². The van der Waals surface area contributed by atoms with Crippen LogP contribution in [0.4, 0.5) is 0 Å². The van der Waals surface area contributed by atoms with Gasteiger partial charge in [0.2, 0.25) is 5.91 Å². The summed E-state index contributed by atoms with van der Waals surface area (Å²) in [5.41, 5.74) is 5.18. The summed E-state index contributed by atoms with van der Waals surface area (Å²) in [5.74, 6) is -0.0405. The molecule has 15 heavy (non-hydrogen) atoms. The maximum absolute atomic E-state index is 11.7. The van der Waals surface area contributed by atoms with Crippen LogP contribution in [0, 0.1) is 0 Å². The molecule has 0 rings (SSSR count). The Morgan fingerprint density at radius 1 is 1.47 bits per heavy atom. The van der Waals surface area contributed by atoms with Crippen molar-refractivity contribution in [2.24, 2.45) is 5.73 Å². The highest BCUT2D eigenvalue weighted by molar-refractivity contribution is 7.80. The average molecular weight is 232 g/mol. The minimum Gasteiger partial charge on any atom is -0.393 e. The SMILES string of the molecule is COCC(=O)N(CCC(N)=S)C(C)(C)C. The molecule has 0 aliphatic carbocycles. The number of hydrogen-bond donors (Lipinski definition) is 1. The Kier molecular flexibility index (Phi) is 5.75. The molecule has 0 unspecified atom stereocenters. The van der Waals surface area contributed by atoms with E-state index in [1.807, 2.05) is 20.8 Å². The maximum atomic E-state index is 11.7. The second-order valence-corrected chi connectivity index (χ2v) is 4.89. The highest BCUT2D eigenvalue weighted by Gasteiger charge is 2.25. The molecule has 0 spiro atoms. The van der Waals surface area contributed by atoms with Crippen LogP contribution >= 0.6 is 12.2 Å². The zero-order chi connectivity index (χ0) is 12.1. The number of nitrogens with zero attached hydrogens (tertiary/aromatic N) is 1. The Labute approximate surface area is 96.8 Å². The monoisotopic (exact) mass is 232 g/mol. The van der Waals surface area contributed by atoms with Crippen molar-refractivity contribution in [3.8, 4) is 0 Å². The first-order chi connectivity index (χ1) is 6.79. The number of thiocarbonyl (C=S) groups is 1. The topological polar surface area (TPSA) is 55.6 Å². The van der Waals surface area contributed by atoms with E-state index in [4.69, 9.17) is 22.7 Å². The number of methoxy groups -OCH3 is 1. The van der Waals surface area contributed by atoms with E-state index in [9.17, 15) is 4.79 Å². The van der Waals surface area contributed by atoms with Crippen molar-refractivity contribution in [1.29, 1.82) is 0 Å². The van der Waals surface area contributed by atoms with Crippen LogP contribution in [0.1, 0.15) is 27.2 Å². The first kappa shape index (κ1) is 14.3. The van der Waals surface area contributed by atoms with E-state index in [2.05, 4.69) is 0 Å². The van der Waals surface area contributed by atoms with Gasteiger partial charge >= 0.3 is 0 Å². The average Bonchev–Trinajstić information content (AvgIpc) is 2.01. The Morgan fingerprint density at radius 2 is 2.00 bits per heavy atom. The minimum absolute atomic E-state index is 0.0405. The molecule has 0 aromatic heterocycles. The zero-order valence-electron chi connectivity index (χ0n) is 9.87. The molecule has 0 fully saturated rings. The molecule has 0 aliphatic rings. The third-order valence-corrected chi connectivity index (χ3v) is 2.16. The summed E-state index contributed by atoms with van der Waals surface area (Å²) >= 11 is 4.80. The largest absolute Gasteiger partial charge is 0.393 e. The molecule has 2 N–H and O–H groups in total. The van der Waals surface area contributed by atoms with Crippen LogP contribution in [-0.4, -0.2) is 41.6 Å². The first-order valence-corrected chi connectivity index (χ1v) is 5.27. The molecule has 0 heterocycles. The van der Waals surface area contributed by atoms with Crippen LogP contribution < -0.4 is 5.73 Å². The summed E-state index contributed by atoms with van der Waals surface area (Å²) in [6.45, 7) is 6.55. The van der Waals surface area contributed by atoms with Gasteiger partial charge in [-0.1, -0.05) is 12.2 Å². The van der Waals surface area contributed by atoms with Crippen molar-refractivity contribution in [3.63, 3.8) is 0 Å². The number of rotatable bonds is 5. The van der Waals surface area contributed by atoms with Gasteiger partial charge in [-0.05, 0) is 20.8 Å². The minimum atomic E-state index is -0.236. The van der Waals surface area contributed by atoms with Gasteiger partial charge in [0.1, 0.15) is 6.61 Å². The highest BCUT2D eigenvalue weighted by atomic mass is 32.1. The Morgan fingerprint density at radius 3 is 2.33 bits per heavy atom. The van der Waals surface area contributed by atoms with Crippen molar-refractivity contribution in [2.75, 3.05) is 20.3 Å². The molecule has 4 nitrogen and oxygen atoms in total. The molecular weight excluding hydrogens is 212 g/mol. The van der Waals surface area contributed by atoms with Crippen molar-refractivity contribution >= 4 is 23.1 Å². The summed E-state index contributed by atoms with van der Waals surface area (Å²) < 4.78 is 4.83. The smallest absolute Gasteiger partial charge is 0.248 e. The van der Waals surface area contributed by atoms with Gasteiger partial charge in [0.15, 0.2) is 0 Å². The molecule has 0 aliphatic heterocycles. The van der Waals surface area contributed by atoms with Gasteiger partial charge in [0, 0.05) is 25.6 Å². The fourth-order valence-electron chi connectivity index (χ4n) is 1.26. The maximum Gasteiger partial charge on any atom is 0.248 e. The number of carbonyl (C=O) groups is 1. The standard InChI is InChI=1S/C10H20N2O2S/c1-10(2,3)12(6-5-8(11)15)9(13)7-14-4/h5-7H2,1-4H3,(H2,11,15). The molecule has 0 atom stereocenters. The number of hydrogen-bond acceptors (Lipinski definition) is 3. The summed E-state index contributed by atoms with van der Waals surface area (Å²) in [6.07, 6.45) is 0.544. The molecule has 88 valence electrons. The summed E-state index contributed by atoms with van der Waals surface area (Å²) in [6, 6.07) is 0. The fourth-order valence-corrected chi connectivity index (χ4v) is 1.35. The lowest BCUT2D eigenvalue weighted by molar-refractivity contribution is -0.139. The van der Waals surface area contributed by atoms with Crippen LogP contribution in [0.15, 0.2) is 0 Å². The molecule has 0 bridgehead atoms. The summed E-state index contributed by atoms with van der Waals surface area (Å²) in [4.78, 5) is 13.9. The van der Waals surface area contributed by atoms with Gasteiger partial charge in [0.25, 0.3) is 0 Å². The summed E-state index contributed by atoms with van der Waals surface area (Å²) in [5, 5.41) is 0. The molecule has 0 saturated carbocycles. The Balaban J connectivity index is 4.45. The quantitative estimate of drug-likeness (QED) is 0.717. The molecule has 0 saturated heterocycles. The van der Waals surface area contributed by atoms with Crippen LogP contribution in [0.25, 0.3) is 0 Å². The van der Waals surface area contributed by atoms with Gasteiger partial charge in [-0.2, -0.15) is 0 Å². The van der Waals surface area contributed by atoms with E-state index in [1.54, 1.807) is 4.90 Å². The van der Waals surface area contributed by atoms with Crippen LogP contribution in [0.3, 0.4) is 0 Å². The van der Waals surface area contributed by atoms with Crippen LogP contribution in [0.2, 0.25) is 0 Å². The van der Waals surface area contributed by atoms with E-state index in [0.29, 0.717) is 18.0 Å². The lowest BCUT2D eigenvalue weighted by atomic mass is 10.1. The number of carbonyl (C=O) groups excluding carboxylic acids is 1. The van der Waals surface area contributed by atoms with Gasteiger partial charge in [-0.15, -0.1) is 0 Å². The van der Waals surface area contributed by atoms with E-state index in [0.717, 1.165) is 0 Å². The Hall–Kier alpha value is -0.680. The zero-order valence-corrected chi connectivity index (χ0v) is 10.7. The van der Waals surface area contributed by atoms with Gasteiger partial charge < -0.3 is 15.4 Å². The number of nitrogens with two attached hydrogens (primary N) is 1. The van der Waals surface area contributed by atoms with Gasteiger partial charge in [0.05, 0.1) is 4.99 Å². The predicted molar refractivity (Wildman–Crippen MR) is 64.7 cm³/mol. The molecule has 0 aromatic carbocycles. The van der Waals surface area contributed by atoms with Gasteiger partial charge in [-0.3, -0.25) is 4.79 Å². The second kappa shape index (κ2) is 6.02. The van der Waals surface area contributed by atoms with Crippen molar-refractivity contribution in [3.05, 3.63) is 0 Å². The lowest BCUT2D eigenvalue weighted by Gasteiger charge is -2.35. The number of amides is 1. The predicted octanol–water partition coefficient (Wildman–Crippen LogP) is 0.936. The van der Waals surface area contributed by atoms with Gasteiger partial charge in [-0.25, -0.2) is 0 Å². The van der Waals surface area contributed by atoms with Crippen molar-refractivity contribution in [1.82, 2.24) is 4.90 Å². The molecule has 0 radical (unpaired) electrons. The second-order valence-electron chi connectivity index (χ2n) is 4.37. The van der Waals surface area contributed by atoms with Crippen molar-refractivity contribution < 1.29 is 9.53 Å². The van der Waals surface area contributed by atoms with Crippen LogP contribution in [-0.2, 0) is 9.53 Å². The van der Waals surface area contributed by atoms with E-state index in [1.165, 1.54) is 7.11 Å². The third kappa shape index (κ3) is 5.69. The highest BCUT2D eigenvalue weighted by Crippen LogP contribution is 2.14. The molecule has 0 aromatic rings. The van der Waals surface area contributed by atoms with Crippen LogP contribution in [0.5, 0.6) is 0 Å². The third-order valence-electron chi connectivity index (χ3n) is 1.96. The lowest BCUT2D eigenvalue weighted by Crippen LogP contribution is -2.48. The van der Waals surface area contributed by atoms with E-state index in [-0.39, 0.29) is 18.1 Å². The normalized spacial score (nSPS) is 11.2. The van der Waals surface area contributed by atoms with Crippen molar-refractivity contribution in [2.45, 2.75) is 32.7 Å². The molecular formula is C10H20N2O2S. The molecule has 5 heteroatoms. The van der Waals surface area contributed by atoms with E-state index >= 15 is 0 Å². The molecule has 1 amide bonds. The number of ether oxygens (including phenoxy) is 1. The fraction of sp³-hybridized carbons (Fsp3) is 0.800. The first-order valence-electron chi connectivity index (χ1n) is 4.86. The Bertz CT molecular complexity index is 236.